The first-order valence-electron chi connectivity index (χ1n) is 50.2. The van der Waals surface area contributed by atoms with Crippen LogP contribution in [0.5, 0.6) is 0 Å². The van der Waals surface area contributed by atoms with Gasteiger partial charge in [-0.25, -0.2) is 4.57 Å². The molecule has 2 aliphatic heterocycles. The maximum absolute atomic E-state index is 14.9. The number of carbonyl (C=O) groups is 4. The van der Waals surface area contributed by atoms with E-state index in [0.29, 0.717) is 38.0 Å². The van der Waals surface area contributed by atoms with E-state index < -0.39 is 162 Å². The first-order chi connectivity index (χ1) is 59.1. The lowest BCUT2D eigenvalue weighted by Gasteiger charge is -2.50. The van der Waals surface area contributed by atoms with E-state index in [1.54, 1.807) is 0 Å². The molecule has 0 amide bonds. The average Bonchev–Trinajstić information content (AvgIpc) is 0.753. The Labute approximate surface area is 738 Å². The molecule has 2 heterocycles. The van der Waals surface area contributed by atoms with Gasteiger partial charge >= 0.3 is 31.7 Å². The second kappa shape index (κ2) is 74.2. The normalized spacial score (nSPS) is 24.7. The van der Waals surface area contributed by atoms with Gasteiger partial charge in [-0.15, -0.1) is 0 Å². The number of unbranched alkanes of at least 4 members (excludes halogenated alkanes) is 54. The van der Waals surface area contributed by atoms with Crippen molar-refractivity contribution in [2.75, 3.05) is 26.4 Å². The Morgan fingerprint density at radius 3 is 0.975 bits per heavy atom. The third-order valence-electron chi connectivity index (χ3n) is 25.0. The molecule has 0 bridgehead atoms. The predicted molar refractivity (Wildman–Crippen MR) is 477 cm³/mol. The second-order valence-electron chi connectivity index (χ2n) is 36.3. The van der Waals surface area contributed by atoms with Crippen molar-refractivity contribution >= 4 is 31.7 Å². The largest absolute Gasteiger partial charge is 0.472 e. The zero-order valence-electron chi connectivity index (χ0n) is 77.2. The summed E-state index contributed by atoms with van der Waals surface area (Å²) in [5, 5.41) is 103. The van der Waals surface area contributed by atoms with Crippen LogP contribution in [0.2, 0.25) is 0 Å². The molecule has 2 saturated heterocycles. The van der Waals surface area contributed by atoms with Gasteiger partial charge < -0.3 is 88.7 Å². The number of aliphatic hydroxyl groups is 9. The zero-order valence-corrected chi connectivity index (χ0v) is 78.1. The van der Waals surface area contributed by atoms with Gasteiger partial charge in [0.25, 0.3) is 0 Å². The fourth-order valence-electron chi connectivity index (χ4n) is 17.0. The SMILES string of the molecule is CCCCCCCCCCCCCCCCCCC(=O)OCC(COP(=O)(O)OC1C(OC2OC(CO)C(O)C(O)C2O)C(O)C(O)C(OC(=O)CCCCCCCCCCCCCCCCC)C1OC1OC(COC(=O)CCCCCCCCC(C)CCCCCCCC)C(O)C(O)C1O)OC(=O)CCCCCCCCCCCCCCCCCC. The topological polar surface area (TPSA) is 380 Å². The van der Waals surface area contributed by atoms with Crippen molar-refractivity contribution in [1.82, 2.24) is 0 Å². The monoisotopic (exact) mass is 1770 g/mol. The molecule has 10 N–H and O–H groups in total. The lowest BCUT2D eigenvalue weighted by atomic mass is 9.84. The summed E-state index contributed by atoms with van der Waals surface area (Å²) in [6.07, 6.45) is 32.0. The van der Waals surface area contributed by atoms with E-state index in [1.807, 2.05) is 0 Å². The fraction of sp³-hybridized carbons (Fsp3) is 0.958. The van der Waals surface area contributed by atoms with Crippen LogP contribution in [0.15, 0.2) is 0 Å². The van der Waals surface area contributed by atoms with Crippen molar-refractivity contribution in [3.8, 4) is 0 Å². The number of rotatable bonds is 82. The Balaban J connectivity index is 1.90. The van der Waals surface area contributed by atoms with Gasteiger partial charge in [0.1, 0.15) is 92.6 Å². The highest BCUT2D eigenvalue weighted by molar-refractivity contribution is 7.47. The summed E-state index contributed by atoms with van der Waals surface area (Å²) in [5.41, 5.74) is 0. The van der Waals surface area contributed by atoms with Gasteiger partial charge in [-0.1, -0.05) is 401 Å². The van der Waals surface area contributed by atoms with E-state index in [2.05, 4.69) is 34.6 Å². The Hall–Kier alpha value is -2.53. The van der Waals surface area contributed by atoms with Crippen LogP contribution in [0.1, 0.15) is 452 Å². The molecule has 0 radical (unpaired) electrons. The lowest BCUT2D eigenvalue weighted by Crippen LogP contribution is -2.70. The van der Waals surface area contributed by atoms with E-state index in [0.717, 1.165) is 128 Å². The summed E-state index contributed by atoms with van der Waals surface area (Å²) < 4.78 is 73.7. The molecule has 0 aromatic heterocycles. The number of ether oxygens (including phenoxy) is 8. The quantitative estimate of drug-likeness (QED) is 0.0117. The molecular weight excluding hydrogens is 1580 g/mol. The number of hydrogen-bond acceptors (Lipinski definition) is 24. The fourth-order valence-corrected chi connectivity index (χ4v) is 17.9. The van der Waals surface area contributed by atoms with Crippen molar-refractivity contribution in [2.24, 2.45) is 5.92 Å². The van der Waals surface area contributed by atoms with Crippen molar-refractivity contribution < 1.29 is 122 Å². The van der Waals surface area contributed by atoms with Gasteiger partial charge in [-0.2, -0.15) is 0 Å². The third kappa shape index (κ3) is 53.6. The van der Waals surface area contributed by atoms with Crippen molar-refractivity contribution in [1.29, 1.82) is 0 Å². The molecule has 25 nitrogen and oxygen atoms in total. The summed E-state index contributed by atoms with van der Waals surface area (Å²) >= 11 is 0. The molecule has 3 rings (SSSR count). The maximum Gasteiger partial charge on any atom is 0.472 e. The minimum atomic E-state index is -5.81. The Kier molecular flexibility index (Phi) is 69.1. The summed E-state index contributed by atoms with van der Waals surface area (Å²) in [7, 11) is -5.81. The van der Waals surface area contributed by atoms with Crippen molar-refractivity contribution in [2.45, 2.75) is 556 Å². The first-order valence-corrected chi connectivity index (χ1v) is 51.7. The van der Waals surface area contributed by atoms with Crippen LogP contribution in [0.3, 0.4) is 0 Å². The number of carbonyl (C=O) groups excluding carboxylic acids is 4. The number of phosphoric acid groups is 1. The highest BCUT2D eigenvalue weighted by atomic mass is 31.2. The summed E-state index contributed by atoms with van der Waals surface area (Å²) in [4.78, 5) is 66.7. The molecule has 19 atom stereocenters. The van der Waals surface area contributed by atoms with Gasteiger partial charge in [0.2, 0.25) is 0 Å². The van der Waals surface area contributed by atoms with Gasteiger partial charge in [-0.3, -0.25) is 28.2 Å². The molecule has 1 saturated carbocycles. The summed E-state index contributed by atoms with van der Waals surface area (Å²) in [6.45, 7) is 8.00. The van der Waals surface area contributed by atoms with E-state index >= 15 is 0 Å². The molecule has 0 spiro atoms. The number of hydrogen-bond donors (Lipinski definition) is 10. The molecule has 19 unspecified atom stereocenters. The van der Waals surface area contributed by atoms with Gasteiger partial charge in [0.05, 0.1) is 13.2 Å². The molecule has 26 heteroatoms. The van der Waals surface area contributed by atoms with E-state index in [4.69, 9.17) is 46.9 Å². The number of aliphatic hydroxyl groups excluding tert-OH is 9. The highest BCUT2D eigenvalue weighted by Gasteiger charge is 2.60. The summed E-state index contributed by atoms with van der Waals surface area (Å²) in [6, 6.07) is 0. The van der Waals surface area contributed by atoms with Crippen LogP contribution in [0, 0.1) is 5.92 Å². The second-order valence-corrected chi connectivity index (χ2v) is 37.7. The molecule has 122 heavy (non-hydrogen) atoms. The Morgan fingerprint density at radius 1 is 0.320 bits per heavy atom. The molecule has 720 valence electrons. The average molecular weight is 1770 g/mol. The van der Waals surface area contributed by atoms with Crippen molar-refractivity contribution in [3.63, 3.8) is 0 Å². The van der Waals surface area contributed by atoms with Crippen LogP contribution in [-0.2, 0) is 70.7 Å². The number of phosphoric ester groups is 1. The maximum atomic E-state index is 14.9. The van der Waals surface area contributed by atoms with Crippen LogP contribution >= 0.6 is 7.82 Å². The third-order valence-corrected chi connectivity index (χ3v) is 26.0. The van der Waals surface area contributed by atoms with Crippen LogP contribution in [-0.4, -0.2) is 205 Å². The molecule has 3 fully saturated rings. The lowest BCUT2D eigenvalue weighted by molar-refractivity contribution is -0.360. The Morgan fingerprint density at radius 2 is 0.615 bits per heavy atom. The van der Waals surface area contributed by atoms with Gasteiger partial charge in [0.15, 0.2) is 24.8 Å². The molecular formula is C96H181O25P. The predicted octanol–water partition coefficient (Wildman–Crippen LogP) is 19.6. The van der Waals surface area contributed by atoms with Crippen LogP contribution < -0.4 is 0 Å². The molecule has 0 aromatic rings. The summed E-state index contributed by atoms with van der Waals surface area (Å²) in [5.74, 6) is -2.25. The highest BCUT2D eigenvalue weighted by Crippen LogP contribution is 2.49. The molecule has 1 aliphatic carbocycles. The molecule has 0 aromatic carbocycles. The number of esters is 4. The van der Waals surface area contributed by atoms with E-state index in [9.17, 15) is 74.6 Å². The van der Waals surface area contributed by atoms with E-state index in [-0.39, 0.29) is 25.7 Å². The molecule has 3 aliphatic rings. The van der Waals surface area contributed by atoms with Crippen LogP contribution in [0.4, 0.5) is 0 Å². The standard InChI is InChI=1S/C96H181O25P/c1-6-10-14-18-22-25-28-31-34-37-39-42-45-48-55-61-67-79(98)112-72-76(115-81(100)69-63-57-49-46-43-41-38-35-32-29-26-23-19-15-11-7-2)73-114-122(110,111)121-94-92(119-95-89(108)85(104)83(102)77(71-97)116-95)88(107)87(106)91(118-82(101)70-64-58-50-47-44-40-36-33-30-27-24-20-16-12-8-3)93(94)120-96-90(109)86(105)84(103)78(117-96)74-113-80(99)68-62-56-52-51-54-60-66-75(5)65-59-53-21-17-13-9-4/h75-78,83-97,102-109H,6-74H2,1-5H3,(H,110,111). The smallest absolute Gasteiger partial charge is 0.463 e. The first kappa shape index (κ1) is 114. The minimum Gasteiger partial charge on any atom is -0.463 e. The minimum absolute atomic E-state index is 0.0175. The van der Waals surface area contributed by atoms with Crippen LogP contribution in [0.25, 0.3) is 0 Å². The van der Waals surface area contributed by atoms with Gasteiger partial charge in [0, 0.05) is 25.7 Å². The van der Waals surface area contributed by atoms with E-state index in [1.165, 1.54) is 231 Å². The van der Waals surface area contributed by atoms with Gasteiger partial charge in [-0.05, 0) is 31.6 Å². The Bertz CT molecular complexity index is 2540. The zero-order chi connectivity index (χ0) is 89.1. The van der Waals surface area contributed by atoms with Crippen molar-refractivity contribution in [3.05, 3.63) is 0 Å².